The molecule has 218 valence electrons. The molecule has 14 nitrogen and oxygen atoms in total. The summed E-state index contributed by atoms with van der Waals surface area (Å²) >= 11 is 0. The minimum atomic E-state index is -3.93. The largest absolute Gasteiger partial charge is 0.462 e. The van der Waals surface area contributed by atoms with Crippen LogP contribution in [0.1, 0.15) is 51.5 Å². The van der Waals surface area contributed by atoms with Crippen molar-refractivity contribution in [1.29, 1.82) is 0 Å². The van der Waals surface area contributed by atoms with E-state index in [1.165, 1.54) is 10.8 Å². The summed E-state index contributed by atoms with van der Waals surface area (Å²) in [5, 5.41) is 6.48. The molecule has 1 saturated heterocycles. The number of aromatic amines is 1. The lowest BCUT2D eigenvalue weighted by Crippen LogP contribution is -2.41. The van der Waals surface area contributed by atoms with Gasteiger partial charge in [0.15, 0.2) is 0 Å². The molecule has 3 rings (SSSR count). The Morgan fingerprint density at radius 3 is 2.48 bits per heavy atom. The van der Waals surface area contributed by atoms with E-state index in [1.807, 2.05) is 30.3 Å². The first-order chi connectivity index (χ1) is 18.9. The zero-order chi connectivity index (χ0) is 29.4. The summed E-state index contributed by atoms with van der Waals surface area (Å²) in [6.07, 6.45) is -1.08. The number of aromatic nitrogens is 2. The van der Waals surface area contributed by atoms with Gasteiger partial charge >= 0.3 is 19.4 Å². The van der Waals surface area contributed by atoms with E-state index in [0.29, 0.717) is 5.56 Å². The lowest BCUT2D eigenvalue weighted by atomic mass is 10.1. The Balaban J connectivity index is 1.80. The number of ether oxygens (including phenoxy) is 2. The van der Waals surface area contributed by atoms with Crippen molar-refractivity contribution in [1.82, 2.24) is 14.6 Å². The van der Waals surface area contributed by atoms with Crippen molar-refractivity contribution in [2.24, 2.45) is 5.11 Å². The third-order valence-electron chi connectivity index (χ3n) is 5.83. The third-order valence-corrected chi connectivity index (χ3v) is 7.86. The zero-order valence-corrected chi connectivity index (χ0v) is 23.9. The van der Waals surface area contributed by atoms with Gasteiger partial charge in [-0.15, -0.1) is 0 Å². The molecule has 0 bridgehead atoms. The van der Waals surface area contributed by atoms with E-state index >= 15 is 0 Å². The molecule has 1 aromatic carbocycles. The summed E-state index contributed by atoms with van der Waals surface area (Å²) in [6.45, 7) is 8.01. The number of carbonyl (C=O) groups is 1. The summed E-state index contributed by atoms with van der Waals surface area (Å²) in [5.41, 5.74) is 8.91. The Kier molecular flexibility index (Phi) is 10.9. The van der Waals surface area contributed by atoms with Crippen LogP contribution in [-0.4, -0.2) is 52.5 Å². The highest BCUT2D eigenvalue weighted by Gasteiger charge is 2.39. The molecule has 1 fully saturated rings. The van der Waals surface area contributed by atoms with Gasteiger partial charge in [-0.2, -0.15) is 0 Å². The van der Waals surface area contributed by atoms with Crippen LogP contribution in [0, 0.1) is 6.92 Å². The summed E-state index contributed by atoms with van der Waals surface area (Å²) in [7, 11) is -3.93. The molecule has 40 heavy (non-hydrogen) atoms. The first kappa shape index (κ1) is 31.3. The van der Waals surface area contributed by atoms with Crippen LogP contribution in [0.4, 0.5) is 0 Å². The van der Waals surface area contributed by atoms with Crippen molar-refractivity contribution < 1.29 is 27.9 Å². The molecule has 0 unspecified atom stereocenters. The molecule has 15 heteroatoms. The van der Waals surface area contributed by atoms with Crippen LogP contribution in [0.2, 0.25) is 0 Å². The van der Waals surface area contributed by atoms with Crippen molar-refractivity contribution in [2.45, 2.75) is 84.1 Å². The Hall–Kier alpha value is -3.25. The van der Waals surface area contributed by atoms with Gasteiger partial charge < -0.3 is 9.47 Å². The van der Waals surface area contributed by atoms with Crippen LogP contribution < -0.4 is 16.3 Å². The molecule has 0 aliphatic carbocycles. The molecule has 0 saturated carbocycles. The fraction of sp³-hybridized carbons (Fsp3) is 0.560. The molecule has 0 spiro atoms. The van der Waals surface area contributed by atoms with Gasteiger partial charge in [0.2, 0.25) is 0 Å². The highest BCUT2D eigenvalue weighted by atomic mass is 31.2. The van der Waals surface area contributed by atoms with E-state index in [9.17, 15) is 18.9 Å². The van der Waals surface area contributed by atoms with Gasteiger partial charge in [0.25, 0.3) is 5.56 Å². The maximum absolute atomic E-state index is 13.5. The molecular formula is C25H35N6O8P. The van der Waals surface area contributed by atoms with Crippen molar-refractivity contribution in [3.8, 4) is 0 Å². The lowest BCUT2D eigenvalue weighted by Gasteiger charge is -2.27. The maximum atomic E-state index is 13.5. The van der Waals surface area contributed by atoms with Crippen LogP contribution >= 0.6 is 7.75 Å². The van der Waals surface area contributed by atoms with Crippen molar-refractivity contribution in [3.05, 3.63) is 78.9 Å². The van der Waals surface area contributed by atoms with Crippen LogP contribution in [0.15, 0.2) is 51.2 Å². The van der Waals surface area contributed by atoms with Crippen LogP contribution in [0.3, 0.4) is 0 Å². The number of nitrogens with zero attached hydrogens (tertiary/aromatic N) is 4. The monoisotopic (exact) mass is 578 g/mol. The van der Waals surface area contributed by atoms with Crippen molar-refractivity contribution >= 4 is 13.7 Å². The molecule has 2 heterocycles. The summed E-state index contributed by atoms with van der Waals surface area (Å²) in [6, 6.07) is 7.19. The zero-order valence-electron chi connectivity index (χ0n) is 23.1. The smallest absolute Gasteiger partial charge is 0.406 e. The average molecular weight is 579 g/mol. The molecule has 4 atom stereocenters. The number of nitrogens with one attached hydrogen (secondary N) is 2. The minimum absolute atomic E-state index is 0.114. The Bertz CT molecular complexity index is 1360. The molecule has 2 N–H and O–H groups in total. The first-order valence-corrected chi connectivity index (χ1v) is 14.4. The van der Waals surface area contributed by atoms with Gasteiger partial charge in [-0.3, -0.25) is 28.2 Å². The van der Waals surface area contributed by atoms with Crippen molar-refractivity contribution in [2.75, 3.05) is 6.61 Å². The predicted octanol–water partition coefficient (Wildman–Crippen LogP) is 3.51. The van der Waals surface area contributed by atoms with Crippen molar-refractivity contribution in [3.63, 3.8) is 0 Å². The van der Waals surface area contributed by atoms with Crippen LogP contribution in [0.5, 0.6) is 0 Å². The molecule has 0 amide bonds. The SMILES string of the molecule is Cc1cn([C@H]2C[C@H](N=[N+]=[N-])[C@@H](COC(=O)[C@H](Cc3ccccc3)NP(=O)(OC(C)C)OC(C)C)O2)c(=O)[nH]c1=O. The van der Waals surface area contributed by atoms with Gasteiger partial charge in [-0.1, -0.05) is 35.4 Å². The topological polar surface area (TPSA) is 187 Å². The molecule has 0 radical (unpaired) electrons. The lowest BCUT2D eigenvalue weighted by molar-refractivity contribution is -0.150. The van der Waals surface area contributed by atoms with Gasteiger partial charge in [0.05, 0.1) is 18.2 Å². The highest BCUT2D eigenvalue weighted by molar-refractivity contribution is 7.51. The fourth-order valence-electron chi connectivity index (χ4n) is 4.15. The predicted molar refractivity (Wildman–Crippen MR) is 146 cm³/mol. The average Bonchev–Trinajstić information content (AvgIpc) is 3.26. The fourth-order valence-corrected chi connectivity index (χ4v) is 6.01. The standard InChI is InChI=1S/C25H35N6O8P/c1-15(2)38-40(35,39-16(3)4)29-20(11-18-9-7-6-8-10-18)24(33)36-14-21-19(28-30-26)12-22(37-21)31-13-17(5)23(32)27-25(31)34/h6-10,13,15-16,19-22H,11-12,14H2,1-5H3,(H,29,35)(H,27,32,34)/t19-,20-,21+,22+/m0/s1. The summed E-state index contributed by atoms with van der Waals surface area (Å²) in [5.74, 6) is -0.757. The van der Waals surface area contributed by atoms with Gasteiger partial charge in [-0.25, -0.2) is 14.4 Å². The minimum Gasteiger partial charge on any atom is -0.462 e. The van der Waals surface area contributed by atoms with Gasteiger partial charge in [0, 0.05) is 23.1 Å². The van der Waals surface area contributed by atoms with E-state index in [4.69, 9.17) is 24.1 Å². The summed E-state index contributed by atoms with van der Waals surface area (Å²) < 4.78 is 37.3. The second-order valence-corrected chi connectivity index (χ2v) is 11.6. The molecular weight excluding hydrogens is 543 g/mol. The normalized spacial score (nSPS) is 19.9. The van der Waals surface area contributed by atoms with E-state index in [-0.39, 0.29) is 19.4 Å². The van der Waals surface area contributed by atoms with E-state index in [0.717, 1.165) is 5.56 Å². The number of hydrogen-bond acceptors (Lipinski definition) is 9. The number of aryl methyl sites for hydroxylation is 1. The van der Waals surface area contributed by atoms with E-state index < -0.39 is 61.6 Å². The van der Waals surface area contributed by atoms with Crippen LogP contribution in [-0.2, 0) is 34.3 Å². The van der Waals surface area contributed by atoms with Gasteiger partial charge in [0.1, 0.15) is 25.0 Å². The summed E-state index contributed by atoms with van der Waals surface area (Å²) in [4.78, 5) is 42.5. The second kappa shape index (κ2) is 13.9. The van der Waals surface area contributed by atoms with E-state index in [1.54, 1.807) is 34.6 Å². The van der Waals surface area contributed by atoms with Crippen LogP contribution in [0.25, 0.3) is 10.4 Å². The third kappa shape index (κ3) is 8.62. The number of hydrogen-bond donors (Lipinski definition) is 2. The Morgan fingerprint density at radius 1 is 1.23 bits per heavy atom. The highest BCUT2D eigenvalue weighted by Crippen LogP contribution is 2.47. The second-order valence-electron chi connectivity index (χ2n) is 9.92. The molecule has 2 aromatic rings. The number of benzene rings is 1. The number of esters is 1. The quantitative estimate of drug-likeness (QED) is 0.118. The molecule has 1 aromatic heterocycles. The number of carbonyl (C=O) groups excluding carboxylic acids is 1. The molecule has 1 aliphatic heterocycles. The number of rotatable bonds is 13. The van der Waals surface area contributed by atoms with E-state index in [2.05, 4.69) is 20.1 Å². The molecule has 1 aliphatic rings. The van der Waals surface area contributed by atoms with Gasteiger partial charge in [-0.05, 0) is 52.1 Å². The first-order valence-electron chi connectivity index (χ1n) is 12.9. The number of azide groups is 1. The Morgan fingerprint density at radius 2 is 1.88 bits per heavy atom. The maximum Gasteiger partial charge on any atom is 0.406 e. The number of H-pyrrole nitrogens is 1. The Labute approximate surface area is 231 Å².